The summed E-state index contributed by atoms with van der Waals surface area (Å²) in [4.78, 5) is 47.3. The molecule has 0 radical (unpaired) electrons. The Morgan fingerprint density at radius 1 is 0.941 bits per heavy atom. The molecule has 0 spiro atoms. The van der Waals surface area contributed by atoms with E-state index in [0.717, 1.165) is 28.7 Å². The standard InChI is InChI=1S/C25H29N3O6/c1-2-3-12-21(24(32)27-13-22(29)26-14-23(30)31)28-25(33)34-15-20-18-10-6-4-8-16(18)17-9-5-7-11-19(17)20/h4-11,20-21H,2-3,12-15H2,1H3,(H,26,29)(H,27,32)(H,28,33)(H,30,31). The van der Waals surface area contributed by atoms with Crippen molar-refractivity contribution in [3.05, 3.63) is 59.7 Å². The summed E-state index contributed by atoms with van der Waals surface area (Å²) >= 11 is 0. The van der Waals surface area contributed by atoms with E-state index in [1.807, 2.05) is 55.5 Å². The molecule has 2 aromatic rings. The van der Waals surface area contributed by atoms with Gasteiger partial charge in [-0.05, 0) is 28.7 Å². The zero-order chi connectivity index (χ0) is 24.5. The molecule has 1 atom stereocenters. The van der Waals surface area contributed by atoms with Crippen LogP contribution in [0, 0.1) is 0 Å². The van der Waals surface area contributed by atoms with Crippen LogP contribution in [0.25, 0.3) is 11.1 Å². The highest BCUT2D eigenvalue weighted by atomic mass is 16.5. The molecule has 34 heavy (non-hydrogen) atoms. The van der Waals surface area contributed by atoms with Crippen LogP contribution in [0.4, 0.5) is 4.79 Å². The first-order valence-corrected chi connectivity index (χ1v) is 11.3. The lowest BCUT2D eigenvalue weighted by Gasteiger charge is -2.19. The van der Waals surface area contributed by atoms with E-state index in [-0.39, 0.29) is 19.1 Å². The summed E-state index contributed by atoms with van der Waals surface area (Å²) < 4.78 is 5.52. The van der Waals surface area contributed by atoms with Gasteiger partial charge in [-0.25, -0.2) is 4.79 Å². The lowest BCUT2D eigenvalue weighted by atomic mass is 9.98. The molecule has 1 aliphatic carbocycles. The van der Waals surface area contributed by atoms with Crippen LogP contribution >= 0.6 is 0 Å². The average Bonchev–Trinajstić information content (AvgIpc) is 3.16. The number of carboxylic acid groups (broad SMARTS) is 1. The van der Waals surface area contributed by atoms with Gasteiger partial charge in [-0.15, -0.1) is 0 Å². The van der Waals surface area contributed by atoms with Gasteiger partial charge in [-0.3, -0.25) is 14.4 Å². The minimum atomic E-state index is -1.18. The molecule has 1 aliphatic rings. The van der Waals surface area contributed by atoms with Crippen molar-refractivity contribution < 1.29 is 29.0 Å². The Morgan fingerprint density at radius 3 is 2.15 bits per heavy atom. The predicted molar refractivity (Wildman–Crippen MR) is 125 cm³/mol. The minimum Gasteiger partial charge on any atom is -0.480 e. The number of unbranched alkanes of at least 4 members (excludes halogenated alkanes) is 1. The number of hydrogen-bond acceptors (Lipinski definition) is 5. The van der Waals surface area contributed by atoms with Crippen molar-refractivity contribution in [2.75, 3.05) is 19.7 Å². The van der Waals surface area contributed by atoms with Gasteiger partial charge in [-0.2, -0.15) is 0 Å². The highest BCUT2D eigenvalue weighted by Gasteiger charge is 2.29. The minimum absolute atomic E-state index is 0.0981. The first kappa shape index (κ1) is 24.8. The van der Waals surface area contributed by atoms with Crippen LogP contribution in [0.1, 0.15) is 43.2 Å². The lowest BCUT2D eigenvalue weighted by molar-refractivity contribution is -0.137. The van der Waals surface area contributed by atoms with Crippen LogP contribution < -0.4 is 16.0 Å². The van der Waals surface area contributed by atoms with Crippen molar-refractivity contribution in [2.45, 2.75) is 38.1 Å². The number of carbonyl (C=O) groups is 4. The third-order valence-corrected chi connectivity index (χ3v) is 5.66. The van der Waals surface area contributed by atoms with Crippen molar-refractivity contribution in [1.29, 1.82) is 0 Å². The van der Waals surface area contributed by atoms with E-state index in [0.29, 0.717) is 12.8 Å². The van der Waals surface area contributed by atoms with E-state index in [4.69, 9.17) is 9.84 Å². The summed E-state index contributed by atoms with van der Waals surface area (Å²) in [5.74, 6) is -2.45. The number of aliphatic carboxylic acids is 1. The maximum Gasteiger partial charge on any atom is 0.407 e. The molecule has 9 nitrogen and oxygen atoms in total. The molecule has 0 saturated heterocycles. The summed E-state index contributed by atoms with van der Waals surface area (Å²) in [6.45, 7) is 1.16. The Hall–Kier alpha value is -3.88. The molecule has 0 saturated carbocycles. The average molecular weight is 468 g/mol. The second-order valence-corrected chi connectivity index (χ2v) is 8.05. The number of amides is 3. The quantitative estimate of drug-likeness (QED) is 0.401. The molecule has 9 heteroatoms. The van der Waals surface area contributed by atoms with E-state index in [1.165, 1.54) is 0 Å². The van der Waals surface area contributed by atoms with Gasteiger partial charge >= 0.3 is 12.1 Å². The van der Waals surface area contributed by atoms with Crippen molar-refractivity contribution in [2.24, 2.45) is 0 Å². The van der Waals surface area contributed by atoms with Crippen molar-refractivity contribution in [3.8, 4) is 11.1 Å². The van der Waals surface area contributed by atoms with Gasteiger partial charge in [0.25, 0.3) is 0 Å². The summed E-state index contributed by atoms with van der Waals surface area (Å²) in [6, 6.07) is 15.1. The molecule has 1 unspecified atom stereocenters. The molecule has 0 heterocycles. The van der Waals surface area contributed by atoms with Crippen LogP contribution in [0.2, 0.25) is 0 Å². The van der Waals surface area contributed by atoms with Gasteiger partial charge in [0, 0.05) is 5.92 Å². The highest BCUT2D eigenvalue weighted by molar-refractivity contribution is 5.90. The maximum atomic E-state index is 12.6. The Labute approximate surface area is 197 Å². The fourth-order valence-electron chi connectivity index (χ4n) is 3.99. The molecule has 4 N–H and O–H groups in total. The monoisotopic (exact) mass is 467 g/mol. The molecule has 3 rings (SSSR count). The predicted octanol–water partition coefficient (Wildman–Crippen LogP) is 2.40. The molecule has 0 aromatic heterocycles. The van der Waals surface area contributed by atoms with Gasteiger partial charge in [0.15, 0.2) is 0 Å². The van der Waals surface area contributed by atoms with Gasteiger partial charge < -0.3 is 25.8 Å². The number of carboxylic acids is 1. The fraction of sp³-hybridized carbons (Fsp3) is 0.360. The number of benzene rings is 2. The van der Waals surface area contributed by atoms with Gasteiger partial charge in [0.05, 0.1) is 6.54 Å². The molecule has 0 bridgehead atoms. The lowest BCUT2D eigenvalue weighted by Crippen LogP contribution is -2.49. The molecule has 0 aliphatic heterocycles. The van der Waals surface area contributed by atoms with Gasteiger partial charge in [0.2, 0.25) is 11.8 Å². The van der Waals surface area contributed by atoms with Crippen LogP contribution in [0.3, 0.4) is 0 Å². The molecule has 0 fully saturated rings. The van der Waals surface area contributed by atoms with Crippen LogP contribution in [-0.4, -0.2) is 54.7 Å². The zero-order valence-electron chi connectivity index (χ0n) is 19.0. The number of ether oxygens (including phenoxy) is 1. The van der Waals surface area contributed by atoms with Crippen molar-refractivity contribution >= 4 is 23.9 Å². The van der Waals surface area contributed by atoms with Crippen molar-refractivity contribution in [1.82, 2.24) is 16.0 Å². The smallest absolute Gasteiger partial charge is 0.407 e. The number of alkyl carbamates (subject to hydrolysis) is 1. The fourth-order valence-corrected chi connectivity index (χ4v) is 3.99. The normalized spacial score (nSPS) is 12.7. The third-order valence-electron chi connectivity index (χ3n) is 5.66. The molecular weight excluding hydrogens is 438 g/mol. The molecule has 3 amide bonds. The first-order valence-electron chi connectivity index (χ1n) is 11.3. The van der Waals surface area contributed by atoms with Gasteiger partial charge in [-0.1, -0.05) is 68.3 Å². The topological polar surface area (TPSA) is 134 Å². The number of carbonyl (C=O) groups excluding carboxylic acids is 3. The Balaban J connectivity index is 1.57. The summed E-state index contributed by atoms with van der Waals surface area (Å²) in [6.07, 6.45) is 1.17. The second-order valence-electron chi connectivity index (χ2n) is 8.05. The summed E-state index contributed by atoms with van der Waals surface area (Å²) in [7, 11) is 0. The number of hydrogen-bond donors (Lipinski definition) is 4. The van der Waals surface area contributed by atoms with E-state index < -0.39 is 36.5 Å². The summed E-state index contributed by atoms with van der Waals surface area (Å²) in [5.41, 5.74) is 4.41. The Kier molecular flexibility index (Phi) is 8.61. The van der Waals surface area contributed by atoms with Gasteiger partial charge in [0.1, 0.15) is 19.2 Å². The van der Waals surface area contributed by atoms with Crippen LogP contribution in [0.15, 0.2) is 48.5 Å². The molecule has 180 valence electrons. The van der Waals surface area contributed by atoms with E-state index in [9.17, 15) is 19.2 Å². The molecular formula is C25H29N3O6. The SMILES string of the molecule is CCCCC(NC(=O)OCC1c2ccccc2-c2ccccc21)C(=O)NCC(=O)NCC(=O)O. The van der Waals surface area contributed by atoms with E-state index >= 15 is 0 Å². The summed E-state index contributed by atoms with van der Waals surface area (Å²) in [5, 5.41) is 15.8. The van der Waals surface area contributed by atoms with E-state index in [1.54, 1.807) is 0 Å². The van der Waals surface area contributed by atoms with Crippen LogP contribution in [0.5, 0.6) is 0 Å². The largest absolute Gasteiger partial charge is 0.480 e. The Morgan fingerprint density at radius 2 is 1.56 bits per heavy atom. The number of nitrogens with one attached hydrogen (secondary N) is 3. The number of fused-ring (bicyclic) bond motifs is 3. The number of rotatable bonds is 11. The maximum absolute atomic E-state index is 12.6. The molecule has 2 aromatic carbocycles. The highest BCUT2D eigenvalue weighted by Crippen LogP contribution is 2.44. The second kappa shape index (κ2) is 11.8. The zero-order valence-corrected chi connectivity index (χ0v) is 19.0. The van der Waals surface area contributed by atoms with E-state index in [2.05, 4.69) is 16.0 Å². The van der Waals surface area contributed by atoms with Crippen LogP contribution in [-0.2, 0) is 19.1 Å². The third kappa shape index (κ3) is 6.34. The Bertz CT molecular complexity index is 1010. The van der Waals surface area contributed by atoms with Crippen molar-refractivity contribution in [3.63, 3.8) is 0 Å². The first-order chi connectivity index (χ1) is 16.4.